The number of aliphatic hydroxyl groups excluding tert-OH is 1. The first kappa shape index (κ1) is 10.9. The highest BCUT2D eigenvalue weighted by Gasteiger charge is 2.13. The van der Waals surface area contributed by atoms with E-state index in [1.54, 1.807) is 6.92 Å². The zero-order chi connectivity index (χ0) is 10.0. The highest BCUT2D eigenvalue weighted by atomic mass is 127. The first-order chi connectivity index (χ1) is 6.02. The van der Waals surface area contributed by atoms with Crippen molar-refractivity contribution in [3.8, 4) is 0 Å². The minimum atomic E-state index is -0.501. The largest absolute Gasteiger partial charge is 0.391 e. The van der Waals surface area contributed by atoms with Gasteiger partial charge in [-0.3, -0.25) is 0 Å². The van der Waals surface area contributed by atoms with Crippen LogP contribution in [-0.4, -0.2) is 11.2 Å². The molecular formula is C10H14INO. The van der Waals surface area contributed by atoms with E-state index >= 15 is 0 Å². The van der Waals surface area contributed by atoms with E-state index in [1.165, 1.54) is 3.57 Å². The van der Waals surface area contributed by atoms with Crippen molar-refractivity contribution in [2.45, 2.75) is 26.0 Å². The summed E-state index contributed by atoms with van der Waals surface area (Å²) in [4.78, 5) is 0. The third-order valence-corrected chi connectivity index (χ3v) is 2.78. The van der Waals surface area contributed by atoms with Crippen LogP contribution in [-0.2, 0) is 0 Å². The molecule has 1 rings (SSSR count). The maximum absolute atomic E-state index is 9.34. The molecule has 0 fully saturated rings. The standard InChI is InChI=1S/C10H14INO/c1-6-5-8(11)3-4-9(6)10(12)7(2)13/h3-5,7,10,13H,12H2,1-2H3/t7-,10-/m1/s1. The highest BCUT2D eigenvalue weighted by Crippen LogP contribution is 2.20. The Morgan fingerprint density at radius 2 is 2.08 bits per heavy atom. The summed E-state index contributed by atoms with van der Waals surface area (Å²) in [5.41, 5.74) is 8.00. The second kappa shape index (κ2) is 4.39. The van der Waals surface area contributed by atoms with Crippen molar-refractivity contribution in [2.24, 2.45) is 5.73 Å². The molecule has 2 nitrogen and oxygen atoms in total. The van der Waals surface area contributed by atoms with E-state index in [2.05, 4.69) is 28.7 Å². The molecule has 0 radical (unpaired) electrons. The second-order valence-electron chi connectivity index (χ2n) is 3.27. The third-order valence-electron chi connectivity index (χ3n) is 2.11. The van der Waals surface area contributed by atoms with Crippen molar-refractivity contribution in [3.05, 3.63) is 32.9 Å². The maximum Gasteiger partial charge on any atom is 0.0704 e. The molecule has 72 valence electrons. The van der Waals surface area contributed by atoms with Crippen LogP contribution in [0.25, 0.3) is 0 Å². The highest BCUT2D eigenvalue weighted by molar-refractivity contribution is 14.1. The molecule has 0 bridgehead atoms. The zero-order valence-electron chi connectivity index (χ0n) is 7.79. The van der Waals surface area contributed by atoms with Gasteiger partial charge in [-0.15, -0.1) is 0 Å². The average Bonchev–Trinajstić information content (AvgIpc) is 2.03. The van der Waals surface area contributed by atoms with Crippen molar-refractivity contribution < 1.29 is 5.11 Å². The van der Waals surface area contributed by atoms with Gasteiger partial charge in [-0.1, -0.05) is 6.07 Å². The molecule has 13 heavy (non-hydrogen) atoms. The minimum absolute atomic E-state index is 0.281. The summed E-state index contributed by atoms with van der Waals surface area (Å²) < 4.78 is 1.19. The van der Waals surface area contributed by atoms with Crippen LogP contribution in [0.5, 0.6) is 0 Å². The Kier molecular flexibility index (Phi) is 3.70. The fourth-order valence-electron chi connectivity index (χ4n) is 1.27. The molecule has 0 unspecified atom stereocenters. The number of hydrogen-bond donors (Lipinski definition) is 2. The Hall–Kier alpha value is -0.130. The molecule has 0 amide bonds. The molecule has 0 aliphatic carbocycles. The molecule has 0 aromatic heterocycles. The Balaban J connectivity index is 3.01. The number of nitrogens with two attached hydrogens (primary N) is 1. The minimum Gasteiger partial charge on any atom is -0.391 e. The van der Waals surface area contributed by atoms with Crippen molar-refractivity contribution in [3.63, 3.8) is 0 Å². The van der Waals surface area contributed by atoms with Gasteiger partial charge in [0.05, 0.1) is 12.1 Å². The summed E-state index contributed by atoms with van der Waals surface area (Å²) in [5, 5.41) is 9.34. The molecule has 1 aromatic carbocycles. The van der Waals surface area contributed by atoms with Gasteiger partial charge < -0.3 is 10.8 Å². The Morgan fingerprint density at radius 1 is 1.46 bits per heavy atom. The molecule has 2 atom stereocenters. The number of benzene rings is 1. The molecule has 1 aromatic rings. The summed E-state index contributed by atoms with van der Waals surface area (Å²) >= 11 is 2.26. The topological polar surface area (TPSA) is 46.2 Å². The van der Waals surface area contributed by atoms with Gasteiger partial charge in [0.2, 0.25) is 0 Å². The van der Waals surface area contributed by atoms with E-state index in [-0.39, 0.29) is 6.04 Å². The molecule has 0 spiro atoms. The van der Waals surface area contributed by atoms with Crippen molar-refractivity contribution in [1.82, 2.24) is 0 Å². The van der Waals surface area contributed by atoms with Crippen molar-refractivity contribution in [2.75, 3.05) is 0 Å². The van der Waals surface area contributed by atoms with Gasteiger partial charge in [-0.05, 0) is 59.7 Å². The van der Waals surface area contributed by atoms with E-state index in [0.29, 0.717) is 0 Å². The van der Waals surface area contributed by atoms with Crippen LogP contribution in [0.2, 0.25) is 0 Å². The van der Waals surface area contributed by atoms with E-state index in [4.69, 9.17) is 5.73 Å². The lowest BCUT2D eigenvalue weighted by Crippen LogP contribution is -2.23. The van der Waals surface area contributed by atoms with Crippen LogP contribution < -0.4 is 5.73 Å². The lowest BCUT2D eigenvalue weighted by atomic mass is 9.99. The Labute approximate surface area is 92.3 Å². The van der Waals surface area contributed by atoms with Gasteiger partial charge in [0.1, 0.15) is 0 Å². The van der Waals surface area contributed by atoms with Crippen molar-refractivity contribution in [1.29, 1.82) is 0 Å². The SMILES string of the molecule is Cc1cc(I)ccc1[C@H](N)[C@@H](C)O. The molecule has 0 aliphatic rings. The van der Waals surface area contributed by atoms with Gasteiger partial charge in [0.25, 0.3) is 0 Å². The lowest BCUT2D eigenvalue weighted by molar-refractivity contribution is 0.164. The number of hydrogen-bond acceptors (Lipinski definition) is 2. The van der Waals surface area contributed by atoms with Gasteiger partial charge >= 0.3 is 0 Å². The van der Waals surface area contributed by atoms with E-state index < -0.39 is 6.10 Å². The van der Waals surface area contributed by atoms with Crippen molar-refractivity contribution >= 4 is 22.6 Å². The molecule has 3 N–H and O–H groups in total. The van der Waals surface area contributed by atoms with Crippen LogP contribution in [0, 0.1) is 10.5 Å². The van der Waals surface area contributed by atoms with Crippen LogP contribution in [0.3, 0.4) is 0 Å². The maximum atomic E-state index is 9.34. The van der Waals surface area contributed by atoms with Crippen LogP contribution >= 0.6 is 22.6 Å². The number of rotatable bonds is 2. The van der Waals surface area contributed by atoms with Crippen LogP contribution in [0.15, 0.2) is 18.2 Å². The van der Waals surface area contributed by atoms with Crippen LogP contribution in [0.1, 0.15) is 24.1 Å². The van der Waals surface area contributed by atoms with E-state index in [1.807, 2.05) is 19.1 Å². The number of aryl methyl sites for hydroxylation is 1. The Bertz CT molecular complexity index is 299. The summed E-state index contributed by atoms with van der Waals surface area (Å²) in [6.45, 7) is 3.72. The summed E-state index contributed by atoms with van der Waals surface area (Å²) in [7, 11) is 0. The smallest absolute Gasteiger partial charge is 0.0704 e. The quantitative estimate of drug-likeness (QED) is 0.818. The number of halogens is 1. The Morgan fingerprint density at radius 3 is 2.54 bits per heavy atom. The van der Waals surface area contributed by atoms with Gasteiger partial charge in [-0.2, -0.15) is 0 Å². The van der Waals surface area contributed by atoms with Gasteiger partial charge in [0.15, 0.2) is 0 Å². The molecule has 0 heterocycles. The monoisotopic (exact) mass is 291 g/mol. The normalized spacial score (nSPS) is 15.5. The molecular weight excluding hydrogens is 277 g/mol. The molecule has 3 heteroatoms. The molecule has 0 saturated carbocycles. The number of aliphatic hydroxyl groups is 1. The predicted octanol–water partition coefficient (Wildman–Crippen LogP) is 1.98. The lowest BCUT2D eigenvalue weighted by Gasteiger charge is -2.17. The first-order valence-corrected chi connectivity index (χ1v) is 5.30. The fourth-order valence-corrected chi connectivity index (χ4v) is 1.92. The molecule has 0 saturated heterocycles. The average molecular weight is 291 g/mol. The summed E-state index contributed by atoms with van der Waals surface area (Å²) in [6, 6.07) is 5.77. The van der Waals surface area contributed by atoms with Gasteiger partial charge in [-0.25, -0.2) is 0 Å². The third kappa shape index (κ3) is 2.65. The predicted molar refractivity (Wildman–Crippen MR) is 62.5 cm³/mol. The summed E-state index contributed by atoms with van der Waals surface area (Å²) in [5.74, 6) is 0. The second-order valence-corrected chi connectivity index (χ2v) is 4.51. The zero-order valence-corrected chi connectivity index (χ0v) is 9.95. The summed E-state index contributed by atoms with van der Waals surface area (Å²) in [6.07, 6.45) is -0.501. The van der Waals surface area contributed by atoms with Gasteiger partial charge in [0, 0.05) is 3.57 Å². The van der Waals surface area contributed by atoms with E-state index in [0.717, 1.165) is 11.1 Å². The fraction of sp³-hybridized carbons (Fsp3) is 0.400. The first-order valence-electron chi connectivity index (χ1n) is 4.22. The van der Waals surface area contributed by atoms with E-state index in [9.17, 15) is 5.11 Å². The van der Waals surface area contributed by atoms with Crippen LogP contribution in [0.4, 0.5) is 0 Å². The molecule has 0 aliphatic heterocycles.